The van der Waals surface area contributed by atoms with Gasteiger partial charge in [0.1, 0.15) is 5.02 Å². The normalized spacial score (nSPS) is 14.1. The van der Waals surface area contributed by atoms with Gasteiger partial charge in [-0.3, -0.25) is 0 Å². The van der Waals surface area contributed by atoms with Crippen LogP contribution in [0, 0.1) is 0 Å². The SMILES string of the molecule is C=Cc1sccc1Nc1nc(Nc2ccc(N3CCN(C)CC3)cc2C(F)(F)F)ncc1Cl.CNC. The molecule has 2 aromatic heterocycles. The van der Waals surface area contributed by atoms with Gasteiger partial charge in [-0.1, -0.05) is 24.3 Å². The van der Waals surface area contributed by atoms with E-state index in [0.717, 1.165) is 23.7 Å². The van der Waals surface area contributed by atoms with E-state index in [2.05, 4.69) is 37.4 Å². The highest BCUT2D eigenvalue weighted by atomic mass is 35.5. The quantitative estimate of drug-likeness (QED) is 0.359. The van der Waals surface area contributed by atoms with E-state index in [1.165, 1.54) is 29.7 Å². The summed E-state index contributed by atoms with van der Waals surface area (Å²) in [5.74, 6) is 0.272. The van der Waals surface area contributed by atoms with Gasteiger partial charge >= 0.3 is 6.18 Å². The Bertz CT molecular complexity index is 1160. The van der Waals surface area contributed by atoms with Crippen molar-refractivity contribution >= 4 is 57.8 Å². The minimum Gasteiger partial charge on any atom is -0.369 e. The molecule has 36 heavy (non-hydrogen) atoms. The summed E-state index contributed by atoms with van der Waals surface area (Å²) in [6.45, 7) is 6.70. The summed E-state index contributed by atoms with van der Waals surface area (Å²) in [5.41, 5.74) is 0.374. The maximum absolute atomic E-state index is 13.9. The highest BCUT2D eigenvalue weighted by Crippen LogP contribution is 2.39. The van der Waals surface area contributed by atoms with Crippen LogP contribution in [0.15, 0.2) is 42.4 Å². The number of aromatic nitrogens is 2. The summed E-state index contributed by atoms with van der Waals surface area (Å²) in [4.78, 5) is 13.3. The van der Waals surface area contributed by atoms with Crippen molar-refractivity contribution in [2.45, 2.75) is 6.18 Å². The van der Waals surface area contributed by atoms with Gasteiger partial charge in [-0.25, -0.2) is 4.98 Å². The third-order valence-corrected chi connectivity index (χ3v) is 6.49. The van der Waals surface area contributed by atoms with Gasteiger partial charge in [0, 0.05) is 36.7 Å². The summed E-state index contributed by atoms with van der Waals surface area (Å²) in [7, 11) is 5.75. The standard InChI is InChI=1S/C22H22ClF3N6S.C2H7N/c1-3-19-18(6-11-33-19)28-20-16(23)13-27-21(30-20)29-17-5-4-14(12-15(17)22(24,25)26)32-9-7-31(2)8-10-32;1-3-2/h3-6,11-13H,1,7-10H2,2H3,(H2,27,28,29,30);3H,1-2H3. The summed E-state index contributed by atoms with van der Waals surface area (Å²) in [5, 5.41) is 10.7. The van der Waals surface area contributed by atoms with Crippen molar-refractivity contribution in [2.24, 2.45) is 0 Å². The number of likely N-dealkylation sites (N-methyl/N-ethyl adjacent to an activating group) is 1. The van der Waals surface area contributed by atoms with Gasteiger partial charge in [0.15, 0.2) is 5.82 Å². The number of hydrogen-bond acceptors (Lipinski definition) is 8. The summed E-state index contributed by atoms with van der Waals surface area (Å²) >= 11 is 7.69. The first kappa shape index (κ1) is 27.7. The van der Waals surface area contributed by atoms with E-state index in [0.29, 0.717) is 18.8 Å². The lowest BCUT2D eigenvalue weighted by Crippen LogP contribution is -2.44. The molecule has 3 N–H and O–H groups in total. The van der Waals surface area contributed by atoms with Crippen LogP contribution in [0.2, 0.25) is 5.02 Å². The first-order chi connectivity index (χ1) is 17.2. The molecule has 12 heteroatoms. The third kappa shape index (κ3) is 7.10. The Morgan fingerprint density at radius 2 is 1.78 bits per heavy atom. The fourth-order valence-corrected chi connectivity index (χ4v) is 4.31. The molecule has 0 spiro atoms. The van der Waals surface area contributed by atoms with Crippen molar-refractivity contribution in [1.82, 2.24) is 20.2 Å². The van der Waals surface area contributed by atoms with Crippen LogP contribution in [0.3, 0.4) is 0 Å². The molecular formula is C24H29ClF3N7S. The lowest BCUT2D eigenvalue weighted by Gasteiger charge is -2.34. The average Bonchev–Trinajstić information content (AvgIpc) is 3.29. The van der Waals surface area contributed by atoms with E-state index in [1.54, 1.807) is 12.1 Å². The second kappa shape index (κ2) is 12.4. The molecule has 1 saturated heterocycles. The number of piperazine rings is 1. The van der Waals surface area contributed by atoms with E-state index < -0.39 is 11.7 Å². The molecule has 1 aliphatic rings. The molecule has 1 fully saturated rings. The maximum Gasteiger partial charge on any atom is 0.418 e. The molecule has 0 radical (unpaired) electrons. The topological polar surface area (TPSA) is 68.4 Å². The number of benzene rings is 1. The largest absolute Gasteiger partial charge is 0.418 e. The molecule has 0 aliphatic carbocycles. The van der Waals surface area contributed by atoms with E-state index in [1.807, 2.05) is 37.5 Å². The van der Waals surface area contributed by atoms with E-state index in [9.17, 15) is 13.2 Å². The van der Waals surface area contributed by atoms with Gasteiger partial charge in [-0.2, -0.15) is 18.2 Å². The monoisotopic (exact) mass is 539 g/mol. The summed E-state index contributed by atoms with van der Waals surface area (Å²) in [6.07, 6.45) is -1.52. The molecule has 194 valence electrons. The van der Waals surface area contributed by atoms with Crippen LogP contribution in [0.1, 0.15) is 10.4 Å². The second-order valence-corrected chi connectivity index (χ2v) is 9.42. The van der Waals surface area contributed by atoms with E-state index in [-0.39, 0.29) is 22.5 Å². The molecule has 4 rings (SSSR count). The molecular weight excluding hydrogens is 511 g/mol. The Morgan fingerprint density at radius 3 is 2.42 bits per heavy atom. The van der Waals surface area contributed by atoms with Crippen LogP contribution in [-0.4, -0.2) is 62.2 Å². The van der Waals surface area contributed by atoms with Crippen LogP contribution in [0.25, 0.3) is 6.08 Å². The molecule has 0 saturated carbocycles. The first-order valence-electron chi connectivity index (χ1n) is 11.2. The lowest BCUT2D eigenvalue weighted by molar-refractivity contribution is -0.136. The third-order valence-electron chi connectivity index (χ3n) is 5.30. The Labute approximate surface area is 218 Å². The van der Waals surface area contributed by atoms with Crippen molar-refractivity contribution in [3.63, 3.8) is 0 Å². The van der Waals surface area contributed by atoms with Gasteiger partial charge in [0.2, 0.25) is 5.95 Å². The Hall–Kier alpha value is -2.86. The molecule has 3 heterocycles. The van der Waals surface area contributed by atoms with E-state index >= 15 is 0 Å². The Balaban J connectivity index is 0.00000115. The summed E-state index contributed by atoms with van der Waals surface area (Å²) < 4.78 is 41.7. The zero-order chi connectivity index (χ0) is 26.3. The van der Waals surface area contributed by atoms with Crippen molar-refractivity contribution in [3.8, 4) is 0 Å². The predicted molar refractivity (Wildman–Crippen MR) is 144 cm³/mol. The van der Waals surface area contributed by atoms with Gasteiger partial charge in [-0.05, 0) is 50.8 Å². The Morgan fingerprint density at radius 1 is 1.08 bits per heavy atom. The highest BCUT2D eigenvalue weighted by molar-refractivity contribution is 7.11. The van der Waals surface area contributed by atoms with Crippen LogP contribution in [0.5, 0.6) is 0 Å². The smallest absolute Gasteiger partial charge is 0.369 e. The predicted octanol–water partition coefficient (Wildman–Crippen LogP) is 5.93. The average molecular weight is 540 g/mol. The zero-order valence-corrected chi connectivity index (χ0v) is 21.9. The number of halogens is 4. The van der Waals surface area contributed by atoms with E-state index in [4.69, 9.17) is 11.6 Å². The fourth-order valence-electron chi connectivity index (χ4n) is 3.48. The van der Waals surface area contributed by atoms with Gasteiger partial charge in [-0.15, -0.1) is 11.3 Å². The highest BCUT2D eigenvalue weighted by Gasteiger charge is 2.34. The maximum atomic E-state index is 13.9. The van der Waals surface area contributed by atoms with Gasteiger partial charge in [0.05, 0.1) is 23.1 Å². The first-order valence-corrected chi connectivity index (χ1v) is 12.4. The number of alkyl halides is 3. The van der Waals surface area contributed by atoms with Gasteiger partial charge < -0.3 is 25.8 Å². The van der Waals surface area contributed by atoms with Crippen LogP contribution in [-0.2, 0) is 6.18 Å². The number of rotatable bonds is 6. The minimum absolute atomic E-state index is 0.00451. The molecule has 7 nitrogen and oxygen atoms in total. The van der Waals surface area contributed by atoms with Crippen molar-refractivity contribution in [2.75, 3.05) is 62.9 Å². The number of anilines is 5. The molecule has 1 aliphatic heterocycles. The number of thiophene rings is 1. The van der Waals surface area contributed by atoms with Crippen LogP contribution >= 0.6 is 22.9 Å². The number of nitrogens with one attached hydrogen (secondary N) is 3. The second-order valence-electron chi connectivity index (χ2n) is 8.06. The lowest BCUT2D eigenvalue weighted by atomic mass is 10.1. The van der Waals surface area contributed by atoms with Gasteiger partial charge in [0.25, 0.3) is 0 Å². The Kier molecular flexibility index (Phi) is 9.55. The summed E-state index contributed by atoms with van der Waals surface area (Å²) in [6, 6.07) is 6.10. The zero-order valence-electron chi connectivity index (χ0n) is 20.3. The molecule has 0 atom stereocenters. The molecule has 3 aromatic rings. The van der Waals surface area contributed by atoms with Crippen molar-refractivity contribution in [3.05, 3.63) is 57.9 Å². The minimum atomic E-state index is -4.55. The molecule has 0 bridgehead atoms. The van der Waals surface area contributed by atoms with Crippen LogP contribution in [0.4, 0.5) is 42.0 Å². The number of nitrogens with zero attached hydrogens (tertiary/aromatic N) is 4. The van der Waals surface area contributed by atoms with Crippen LogP contribution < -0.4 is 20.9 Å². The number of hydrogen-bond donors (Lipinski definition) is 3. The fraction of sp³-hybridized carbons (Fsp3) is 0.333. The molecule has 0 unspecified atom stereocenters. The molecule has 0 amide bonds. The molecule has 1 aromatic carbocycles. The van der Waals surface area contributed by atoms with Crippen molar-refractivity contribution < 1.29 is 13.2 Å². The van der Waals surface area contributed by atoms with Crippen molar-refractivity contribution in [1.29, 1.82) is 0 Å².